The molecule has 0 bridgehead atoms. The van der Waals surface area contributed by atoms with Gasteiger partial charge in [0.25, 0.3) is 0 Å². The van der Waals surface area contributed by atoms with Crippen LogP contribution in [0.2, 0.25) is 0 Å². The molecule has 88 valence electrons. The fourth-order valence-electron chi connectivity index (χ4n) is 1.88. The Kier molecular flexibility index (Phi) is 3.60. The molecule has 0 aliphatic heterocycles. The van der Waals surface area contributed by atoms with Crippen molar-refractivity contribution in [3.8, 4) is 0 Å². The molecular weight excluding hydrogens is 194 g/mol. The Morgan fingerprint density at radius 1 is 1.33 bits per heavy atom. The lowest BCUT2D eigenvalue weighted by atomic mass is 9.71. The number of hydrogen-bond acceptors (Lipinski definition) is 3. The van der Waals surface area contributed by atoms with Gasteiger partial charge in [-0.3, -0.25) is 0 Å². The number of aliphatic hydroxyl groups is 1. The van der Waals surface area contributed by atoms with Crippen LogP contribution in [0.4, 0.5) is 4.79 Å². The van der Waals surface area contributed by atoms with Crippen molar-refractivity contribution in [1.82, 2.24) is 5.32 Å². The second-order valence-electron chi connectivity index (χ2n) is 5.23. The highest BCUT2D eigenvalue weighted by molar-refractivity contribution is 5.66. The van der Waals surface area contributed by atoms with Crippen LogP contribution in [-0.2, 0) is 4.74 Å². The highest BCUT2D eigenvalue weighted by Gasteiger charge is 2.36. The molecule has 0 unspecified atom stereocenters. The smallest absolute Gasteiger partial charge is 0.406 e. The summed E-state index contributed by atoms with van der Waals surface area (Å²) in [7, 11) is 1.32. The molecule has 1 aliphatic carbocycles. The van der Waals surface area contributed by atoms with Gasteiger partial charge in [-0.05, 0) is 31.1 Å². The van der Waals surface area contributed by atoms with E-state index in [0.717, 1.165) is 25.7 Å². The van der Waals surface area contributed by atoms with Gasteiger partial charge in [0.1, 0.15) is 0 Å². The first-order chi connectivity index (χ1) is 6.87. The van der Waals surface area contributed by atoms with E-state index in [0.29, 0.717) is 5.41 Å². The third-order valence-electron chi connectivity index (χ3n) is 3.28. The quantitative estimate of drug-likeness (QED) is 0.736. The van der Waals surface area contributed by atoms with Crippen LogP contribution in [0, 0.1) is 5.41 Å². The van der Waals surface area contributed by atoms with Gasteiger partial charge in [0.2, 0.25) is 0 Å². The summed E-state index contributed by atoms with van der Waals surface area (Å²) < 4.78 is 4.47. The number of alkyl carbamates (subject to hydrolysis) is 1. The summed E-state index contributed by atoms with van der Waals surface area (Å²) in [4.78, 5) is 10.9. The minimum Gasteiger partial charge on any atom is -0.453 e. The highest BCUT2D eigenvalue weighted by atomic mass is 16.5. The number of ether oxygens (including phenoxy) is 1. The fraction of sp³-hybridized carbons (Fsp3) is 0.909. The molecule has 0 aromatic carbocycles. The zero-order chi connectivity index (χ0) is 11.5. The first-order valence-corrected chi connectivity index (χ1v) is 5.41. The van der Waals surface area contributed by atoms with Crippen LogP contribution < -0.4 is 5.32 Å². The van der Waals surface area contributed by atoms with Crippen molar-refractivity contribution >= 4 is 6.09 Å². The Balaban J connectivity index is 2.38. The number of amides is 1. The van der Waals surface area contributed by atoms with Crippen molar-refractivity contribution in [3.63, 3.8) is 0 Å². The van der Waals surface area contributed by atoms with Crippen LogP contribution in [0.5, 0.6) is 0 Å². The van der Waals surface area contributed by atoms with Gasteiger partial charge in [0.15, 0.2) is 0 Å². The molecule has 0 radical (unpaired) electrons. The normalized spacial score (nSPS) is 23.2. The molecule has 0 spiro atoms. The fourth-order valence-corrected chi connectivity index (χ4v) is 1.88. The molecule has 4 heteroatoms. The topological polar surface area (TPSA) is 58.6 Å². The third-order valence-corrected chi connectivity index (χ3v) is 3.28. The van der Waals surface area contributed by atoms with Gasteiger partial charge in [-0.1, -0.05) is 13.8 Å². The lowest BCUT2D eigenvalue weighted by Gasteiger charge is -2.40. The van der Waals surface area contributed by atoms with E-state index in [4.69, 9.17) is 0 Å². The van der Waals surface area contributed by atoms with Crippen LogP contribution in [0.3, 0.4) is 0 Å². The minimum atomic E-state index is -0.746. The van der Waals surface area contributed by atoms with Crippen LogP contribution in [0.1, 0.15) is 39.5 Å². The molecule has 0 heterocycles. The van der Waals surface area contributed by atoms with Gasteiger partial charge in [-0.2, -0.15) is 0 Å². The first-order valence-electron chi connectivity index (χ1n) is 5.41. The van der Waals surface area contributed by atoms with Gasteiger partial charge in [0.05, 0.1) is 12.7 Å². The predicted molar refractivity (Wildman–Crippen MR) is 57.6 cm³/mol. The Morgan fingerprint density at radius 3 is 2.33 bits per heavy atom. The third kappa shape index (κ3) is 3.70. The Bertz CT molecular complexity index is 228. The van der Waals surface area contributed by atoms with E-state index in [2.05, 4.69) is 23.9 Å². The highest BCUT2D eigenvalue weighted by Crippen LogP contribution is 2.39. The number of hydrogen-bond donors (Lipinski definition) is 2. The molecule has 1 saturated carbocycles. The zero-order valence-corrected chi connectivity index (χ0v) is 9.80. The van der Waals surface area contributed by atoms with Crippen molar-refractivity contribution in [2.24, 2.45) is 5.41 Å². The number of rotatable bonds is 2. The van der Waals surface area contributed by atoms with Crippen molar-refractivity contribution in [2.45, 2.75) is 45.1 Å². The molecule has 0 aromatic heterocycles. The van der Waals surface area contributed by atoms with E-state index in [1.54, 1.807) is 0 Å². The van der Waals surface area contributed by atoms with E-state index in [1.165, 1.54) is 7.11 Å². The molecule has 4 nitrogen and oxygen atoms in total. The minimum absolute atomic E-state index is 0.287. The van der Waals surface area contributed by atoms with Crippen molar-refractivity contribution < 1.29 is 14.6 Å². The maximum Gasteiger partial charge on any atom is 0.406 e. The predicted octanol–water partition coefficient (Wildman–Crippen LogP) is 1.67. The molecule has 0 saturated heterocycles. The molecule has 1 rings (SSSR count). The van der Waals surface area contributed by atoms with E-state index in [1.807, 2.05) is 0 Å². The summed E-state index contributed by atoms with van der Waals surface area (Å²) >= 11 is 0. The summed E-state index contributed by atoms with van der Waals surface area (Å²) in [5.41, 5.74) is -0.429. The lowest BCUT2D eigenvalue weighted by molar-refractivity contribution is -0.0237. The summed E-state index contributed by atoms with van der Waals surface area (Å²) in [6.07, 6.45) is 2.99. The van der Waals surface area contributed by atoms with Crippen molar-refractivity contribution in [1.29, 1.82) is 0 Å². The maximum absolute atomic E-state index is 10.9. The number of methoxy groups -OCH3 is 1. The van der Waals surface area contributed by atoms with Crippen molar-refractivity contribution in [2.75, 3.05) is 13.7 Å². The van der Waals surface area contributed by atoms with Gasteiger partial charge in [-0.15, -0.1) is 0 Å². The molecule has 0 aromatic rings. The van der Waals surface area contributed by atoms with Crippen LogP contribution >= 0.6 is 0 Å². The second-order valence-corrected chi connectivity index (χ2v) is 5.23. The monoisotopic (exact) mass is 215 g/mol. The summed E-state index contributed by atoms with van der Waals surface area (Å²) in [5.74, 6) is 0. The summed E-state index contributed by atoms with van der Waals surface area (Å²) in [5, 5.41) is 12.7. The van der Waals surface area contributed by atoms with Gasteiger partial charge in [0, 0.05) is 6.54 Å². The van der Waals surface area contributed by atoms with E-state index in [-0.39, 0.29) is 6.54 Å². The first kappa shape index (κ1) is 12.3. The largest absolute Gasteiger partial charge is 0.453 e. The zero-order valence-electron chi connectivity index (χ0n) is 9.80. The molecule has 2 N–H and O–H groups in total. The van der Waals surface area contributed by atoms with Gasteiger partial charge >= 0.3 is 6.09 Å². The lowest BCUT2D eigenvalue weighted by Crippen LogP contribution is -2.46. The second kappa shape index (κ2) is 4.39. The van der Waals surface area contributed by atoms with E-state index >= 15 is 0 Å². The van der Waals surface area contributed by atoms with Crippen LogP contribution in [0.15, 0.2) is 0 Å². The average Bonchev–Trinajstić information content (AvgIpc) is 2.20. The maximum atomic E-state index is 10.9. The summed E-state index contributed by atoms with van der Waals surface area (Å²) in [6, 6.07) is 0. The van der Waals surface area contributed by atoms with E-state index < -0.39 is 11.7 Å². The summed E-state index contributed by atoms with van der Waals surface area (Å²) in [6.45, 7) is 4.70. The Morgan fingerprint density at radius 2 is 1.87 bits per heavy atom. The van der Waals surface area contributed by atoms with Crippen LogP contribution in [-0.4, -0.2) is 30.5 Å². The number of carbonyl (C=O) groups is 1. The molecule has 1 fully saturated rings. The average molecular weight is 215 g/mol. The molecule has 1 aliphatic rings. The van der Waals surface area contributed by atoms with Gasteiger partial charge < -0.3 is 15.2 Å². The van der Waals surface area contributed by atoms with Gasteiger partial charge in [-0.25, -0.2) is 4.79 Å². The molecule has 0 atom stereocenters. The number of nitrogens with one attached hydrogen (secondary N) is 1. The molecule has 15 heavy (non-hydrogen) atoms. The number of carbonyl (C=O) groups excluding carboxylic acids is 1. The SMILES string of the molecule is COC(=O)NCC1(O)CCC(C)(C)CC1. The Labute approximate surface area is 91.0 Å². The van der Waals surface area contributed by atoms with E-state index in [9.17, 15) is 9.90 Å². The molecule has 1 amide bonds. The van der Waals surface area contributed by atoms with Crippen LogP contribution in [0.25, 0.3) is 0 Å². The standard InChI is InChI=1S/C11H21NO3/c1-10(2)4-6-11(14,7-5-10)8-12-9(13)15-3/h14H,4-8H2,1-3H3,(H,12,13). The Hall–Kier alpha value is -0.770. The van der Waals surface area contributed by atoms with Crippen molar-refractivity contribution in [3.05, 3.63) is 0 Å². The molecular formula is C11H21NO3.